The average molecular weight is 331 g/mol. The summed E-state index contributed by atoms with van der Waals surface area (Å²) in [4.78, 5) is 0. The van der Waals surface area contributed by atoms with Crippen LogP contribution in [0.2, 0.25) is 10.0 Å². The quantitative estimate of drug-likeness (QED) is 0.648. The van der Waals surface area contributed by atoms with Gasteiger partial charge in [0.05, 0.1) is 7.11 Å². The Balaban J connectivity index is 2.25. The first-order valence-corrected chi connectivity index (χ1v) is 7.95. The van der Waals surface area contributed by atoms with Crippen molar-refractivity contribution in [2.24, 2.45) is 0 Å². The maximum atomic E-state index is 6.42. The monoisotopic (exact) mass is 330 g/mol. The topological polar surface area (TPSA) is 9.23 Å². The van der Waals surface area contributed by atoms with Gasteiger partial charge in [-0.3, -0.25) is 0 Å². The maximum absolute atomic E-state index is 6.42. The van der Waals surface area contributed by atoms with Gasteiger partial charge in [-0.05, 0) is 48.3 Å². The SMILES string of the molecule is COC1=CCCC(c2cccc(Cl)c2)=C1c1ccccc1Cl. The van der Waals surface area contributed by atoms with E-state index in [2.05, 4.69) is 12.1 Å². The van der Waals surface area contributed by atoms with E-state index in [0.717, 1.165) is 45.3 Å². The highest BCUT2D eigenvalue weighted by atomic mass is 35.5. The molecule has 1 nitrogen and oxygen atoms in total. The highest BCUT2D eigenvalue weighted by molar-refractivity contribution is 6.33. The zero-order valence-corrected chi connectivity index (χ0v) is 13.8. The van der Waals surface area contributed by atoms with E-state index < -0.39 is 0 Å². The van der Waals surface area contributed by atoms with Crippen LogP contribution in [0.1, 0.15) is 24.0 Å². The van der Waals surface area contributed by atoms with Crippen LogP contribution in [0.4, 0.5) is 0 Å². The number of hydrogen-bond acceptors (Lipinski definition) is 1. The summed E-state index contributed by atoms with van der Waals surface area (Å²) in [5.41, 5.74) is 4.38. The molecule has 2 aromatic carbocycles. The largest absolute Gasteiger partial charge is 0.496 e. The molecule has 0 fully saturated rings. The van der Waals surface area contributed by atoms with Gasteiger partial charge in [-0.2, -0.15) is 0 Å². The summed E-state index contributed by atoms with van der Waals surface area (Å²) < 4.78 is 5.61. The van der Waals surface area contributed by atoms with Gasteiger partial charge in [-0.25, -0.2) is 0 Å². The van der Waals surface area contributed by atoms with Crippen molar-refractivity contribution < 1.29 is 4.74 Å². The van der Waals surface area contributed by atoms with E-state index in [-0.39, 0.29) is 0 Å². The van der Waals surface area contributed by atoms with Gasteiger partial charge < -0.3 is 4.74 Å². The molecule has 0 saturated heterocycles. The van der Waals surface area contributed by atoms with Crippen LogP contribution in [0.15, 0.2) is 60.4 Å². The third-order valence-electron chi connectivity index (χ3n) is 3.81. The molecule has 112 valence electrons. The van der Waals surface area contributed by atoms with Crippen molar-refractivity contribution >= 4 is 34.3 Å². The molecule has 0 spiro atoms. The number of halogens is 2. The summed E-state index contributed by atoms with van der Waals surface area (Å²) in [6.45, 7) is 0. The van der Waals surface area contributed by atoms with Crippen LogP contribution in [0, 0.1) is 0 Å². The first-order valence-electron chi connectivity index (χ1n) is 7.19. The van der Waals surface area contributed by atoms with E-state index in [1.807, 2.05) is 42.5 Å². The molecule has 3 heteroatoms. The molecule has 1 aliphatic carbocycles. The lowest BCUT2D eigenvalue weighted by Gasteiger charge is -2.22. The van der Waals surface area contributed by atoms with Crippen molar-refractivity contribution in [1.29, 1.82) is 0 Å². The zero-order chi connectivity index (χ0) is 15.5. The molecule has 0 atom stereocenters. The maximum Gasteiger partial charge on any atom is 0.123 e. The lowest BCUT2D eigenvalue weighted by molar-refractivity contribution is 0.308. The summed E-state index contributed by atoms with van der Waals surface area (Å²) in [6, 6.07) is 15.8. The van der Waals surface area contributed by atoms with Crippen LogP contribution in [0.3, 0.4) is 0 Å². The van der Waals surface area contributed by atoms with Crippen molar-refractivity contribution in [3.63, 3.8) is 0 Å². The van der Waals surface area contributed by atoms with Crippen LogP contribution >= 0.6 is 23.2 Å². The van der Waals surface area contributed by atoms with Crippen LogP contribution in [-0.4, -0.2) is 7.11 Å². The van der Waals surface area contributed by atoms with E-state index in [4.69, 9.17) is 27.9 Å². The van der Waals surface area contributed by atoms with Crippen molar-refractivity contribution in [2.45, 2.75) is 12.8 Å². The number of allylic oxidation sites excluding steroid dienone is 3. The summed E-state index contributed by atoms with van der Waals surface area (Å²) in [5.74, 6) is 0.870. The van der Waals surface area contributed by atoms with Crippen molar-refractivity contribution in [1.82, 2.24) is 0 Å². The Morgan fingerprint density at radius 3 is 2.55 bits per heavy atom. The van der Waals surface area contributed by atoms with Gasteiger partial charge in [0.2, 0.25) is 0 Å². The molecule has 0 heterocycles. The molecule has 0 bridgehead atoms. The van der Waals surface area contributed by atoms with Crippen LogP contribution in [0.5, 0.6) is 0 Å². The zero-order valence-electron chi connectivity index (χ0n) is 12.3. The molecule has 0 saturated carbocycles. The van der Waals surface area contributed by atoms with E-state index in [9.17, 15) is 0 Å². The minimum atomic E-state index is 0.724. The molecule has 0 N–H and O–H groups in total. The van der Waals surface area contributed by atoms with E-state index >= 15 is 0 Å². The second-order valence-corrected chi connectivity index (χ2v) is 6.00. The second-order valence-electron chi connectivity index (χ2n) is 5.15. The first kappa shape index (κ1) is 15.2. The Labute approximate surface area is 140 Å². The number of methoxy groups -OCH3 is 1. The Kier molecular flexibility index (Phi) is 4.56. The Bertz CT molecular complexity index is 760. The lowest BCUT2D eigenvalue weighted by atomic mass is 9.86. The molecule has 0 amide bonds. The van der Waals surface area contributed by atoms with E-state index in [0.29, 0.717) is 0 Å². The fourth-order valence-corrected chi connectivity index (χ4v) is 3.25. The van der Waals surface area contributed by atoms with Gasteiger partial charge in [-0.15, -0.1) is 0 Å². The minimum absolute atomic E-state index is 0.724. The third kappa shape index (κ3) is 2.92. The highest BCUT2D eigenvalue weighted by Gasteiger charge is 2.21. The van der Waals surface area contributed by atoms with Crippen LogP contribution in [0.25, 0.3) is 11.1 Å². The number of rotatable bonds is 3. The first-order chi connectivity index (χ1) is 10.7. The third-order valence-corrected chi connectivity index (χ3v) is 4.37. The molecular weight excluding hydrogens is 315 g/mol. The van der Waals surface area contributed by atoms with E-state index in [1.54, 1.807) is 7.11 Å². The fraction of sp³-hybridized carbons (Fsp3) is 0.158. The van der Waals surface area contributed by atoms with Gasteiger partial charge in [0.15, 0.2) is 0 Å². The molecule has 22 heavy (non-hydrogen) atoms. The van der Waals surface area contributed by atoms with E-state index in [1.165, 1.54) is 5.57 Å². The summed E-state index contributed by atoms with van der Waals surface area (Å²) >= 11 is 12.6. The Morgan fingerprint density at radius 2 is 1.82 bits per heavy atom. The van der Waals surface area contributed by atoms with Crippen molar-refractivity contribution in [3.8, 4) is 0 Å². The van der Waals surface area contributed by atoms with Crippen LogP contribution < -0.4 is 0 Å². The predicted molar refractivity (Wildman–Crippen MR) is 94.0 cm³/mol. The Hall–Kier alpha value is -1.70. The van der Waals surface area contributed by atoms with Crippen LogP contribution in [-0.2, 0) is 4.74 Å². The summed E-state index contributed by atoms with van der Waals surface area (Å²) in [5, 5.41) is 1.46. The smallest absolute Gasteiger partial charge is 0.123 e. The molecule has 1 aliphatic rings. The molecule has 0 aliphatic heterocycles. The van der Waals surface area contributed by atoms with Gasteiger partial charge in [0.1, 0.15) is 5.76 Å². The molecule has 0 unspecified atom stereocenters. The second kappa shape index (κ2) is 6.60. The normalized spacial score (nSPS) is 14.8. The van der Waals surface area contributed by atoms with Crippen molar-refractivity contribution in [3.05, 3.63) is 81.5 Å². The molecule has 2 aromatic rings. The minimum Gasteiger partial charge on any atom is -0.496 e. The Morgan fingerprint density at radius 1 is 1.00 bits per heavy atom. The predicted octanol–water partition coefficient (Wildman–Crippen LogP) is 6.23. The molecule has 0 aromatic heterocycles. The molecule has 3 rings (SSSR count). The molecular formula is C19H16Cl2O. The average Bonchev–Trinajstić information content (AvgIpc) is 2.55. The summed E-state index contributed by atoms with van der Waals surface area (Å²) in [6.07, 6.45) is 4.00. The van der Waals surface area contributed by atoms with Gasteiger partial charge in [0, 0.05) is 21.2 Å². The highest BCUT2D eigenvalue weighted by Crippen LogP contribution is 2.41. The number of hydrogen-bond donors (Lipinski definition) is 0. The fourth-order valence-electron chi connectivity index (χ4n) is 2.83. The van der Waals surface area contributed by atoms with Gasteiger partial charge in [0.25, 0.3) is 0 Å². The summed E-state index contributed by atoms with van der Waals surface area (Å²) in [7, 11) is 1.70. The lowest BCUT2D eigenvalue weighted by Crippen LogP contribution is -2.03. The standard InChI is InChI=1S/C19H16Cl2O/c1-22-18-11-5-9-15(13-6-4-7-14(20)12-13)19(18)16-8-2-3-10-17(16)21/h2-4,6-8,10-12H,5,9H2,1H3. The van der Waals surface area contributed by atoms with Crippen molar-refractivity contribution in [2.75, 3.05) is 7.11 Å². The number of benzene rings is 2. The van der Waals surface area contributed by atoms with Gasteiger partial charge >= 0.3 is 0 Å². The molecule has 0 radical (unpaired) electrons. The number of ether oxygens (including phenoxy) is 1. The van der Waals surface area contributed by atoms with Gasteiger partial charge in [-0.1, -0.05) is 53.5 Å².